The summed E-state index contributed by atoms with van der Waals surface area (Å²) in [4.78, 5) is 24.5. The number of allylic oxidation sites excluding steroid dienone is 2. The maximum absolute atomic E-state index is 12.5. The Morgan fingerprint density at radius 1 is 1.13 bits per heavy atom. The highest BCUT2D eigenvalue weighted by atomic mass is 16.5. The number of carbonyl (C=O) groups is 2. The smallest absolute Gasteiger partial charge is 0.311 e. The quantitative estimate of drug-likeness (QED) is 0.713. The number of esters is 1. The fourth-order valence-corrected chi connectivity index (χ4v) is 6.40. The zero-order chi connectivity index (χ0) is 17.0. The summed E-state index contributed by atoms with van der Waals surface area (Å²) in [5, 5.41) is 0. The Morgan fingerprint density at radius 3 is 2.43 bits per heavy atom. The van der Waals surface area contributed by atoms with Crippen LogP contribution in [0.5, 0.6) is 0 Å². The third-order valence-electron chi connectivity index (χ3n) is 7.57. The van der Waals surface area contributed by atoms with Crippen LogP contribution in [0.1, 0.15) is 66.2 Å². The van der Waals surface area contributed by atoms with Gasteiger partial charge in [0.2, 0.25) is 0 Å². The SMILES string of the molecule is COC(=O)[C@]1(C)CCC[C@]2(C)[C@H]3CC(C(C)=O)=C[C@@]3(C)CC[C@H]21. The molecule has 0 bridgehead atoms. The number of hydrogen-bond acceptors (Lipinski definition) is 3. The van der Waals surface area contributed by atoms with Crippen LogP contribution in [0.25, 0.3) is 0 Å². The number of fused-ring (bicyclic) bond motifs is 3. The van der Waals surface area contributed by atoms with Crippen LogP contribution in [0.2, 0.25) is 0 Å². The average molecular weight is 318 g/mol. The van der Waals surface area contributed by atoms with E-state index < -0.39 is 0 Å². The third-order valence-corrected chi connectivity index (χ3v) is 7.57. The molecule has 3 rings (SSSR count). The van der Waals surface area contributed by atoms with Gasteiger partial charge in [-0.05, 0) is 74.2 Å². The minimum atomic E-state index is -0.373. The van der Waals surface area contributed by atoms with Crippen molar-refractivity contribution in [2.24, 2.45) is 28.1 Å². The molecule has 5 atom stereocenters. The lowest BCUT2D eigenvalue weighted by Crippen LogP contribution is -2.56. The molecule has 0 saturated heterocycles. The van der Waals surface area contributed by atoms with Crippen molar-refractivity contribution < 1.29 is 14.3 Å². The van der Waals surface area contributed by atoms with E-state index in [9.17, 15) is 9.59 Å². The number of methoxy groups -OCH3 is 1. The predicted octanol–water partition coefficient (Wildman–Crippen LogP) is 4.31. The van der Waals surface area contributed by atoms with E-state index in [1.54, 1.807) is 6.92 Å². The Morgan fingerprint density at radius 2 is 1.83 bits per heavy atom. The highest BCUT2D eigenvalue weighted by Gasteiger charge is 2.62. The zero-order valence-corrected chi connectivity index (χ0v) is 15.2. The molecule has 0 aromatic rings. The third kappa shape index (κ3) is 2.22. The molecule has 0 unspecified atom stereocenters. The Balaban J connectivity index is 1.99. The van der Waals surface area contributed by atoms with Crippen molar-refractivity contribution in [2.45, 2.75) is 66.2 Å². The van der Waals surface area contributed by atoms with Crippen molar-refractivity contribution in [1.29, 1.82) is 0 Å². The Hall–Kier alpha value is -1.12. The van der Waals surface area contributed by atoms with E-state index in [2.05, 4.69) is 26.8 Å². The van der Waals surface area contributed by atoms with Gasteiger partial charge in [-0.3, -0.25) is 9.59 Å². The maximum atomic E-state index is 12.5. The molecule has 0 spiro atoms. The van der Waals surface area contributed by atoms with Gasteiger partial charge in [-0.15, -0.1) is 0 Å². The van der Waals surface area contributed by atoms with Crippen LogP contribution in [-0.2, 0) is 14.3 Å². The molecule has 0 aromatic carbocycles. The van der Waals surface area contributed by atoms with Gasteiger partial charge in [-0.2, -0.15) is 0 Å². The van der Waals surface area contributed by atoms with E-state index in [-0.39, 0.29) is 28.0 Å². The number of carbonyl (C=O) groups excluding carboxylic acids is 2. The van der Waals surface area contributed by atoms with E-state index in [0.717, 1.165) is 44.1 Å². The second kappa shape index (κ2) is 5.19. The molecule has 0 N–H and O–H groups in total. The highest BCUT2D eigenvalue weighted by Crippen LogP contribution is 2.67. The van der Waals surface area contributed by atoms with Crippen LogP contribution < -0.4 is 0 Å². The normalized spacial score (nSPS) is 45.7. The fourth-order valence-electron chi connectivity index (χ4n) is 6.40. The summed E-state index contributed by atoms with van der Waals surface area (Å²) in [5.41, 5.74) is 0.856. The van der Waals surface area contributed by atoms with Gasteiger partial charge in [0.25, 0.3) is 0 Å². The standard InChI is InChI=1S/C20H30O3/c1-13(21)14-11-16-18(2,12-14)10-7-15-19(16,3)8-6-9-20(15,4)17(22)23-5/h12,15-16H,6-11H2,1-5H3/t15-,16+,18-,19+,20-/m1/s1. The molecule has 2 saturated carbocycles. The van der Waals surface area contributed by atoms with Crippen LogP contribution >= 0.6 is 0 Å². The van der Waals surface area contributed by atoms with Crippen LogP contribution in [-0.4, -0.2) is 18.9 Å². The zero-order valence-electron chi connectivity index (χ0n) is 15.2. The molecule has 0 radical (unpaired) electrons. The van der Waals surface area contributed by atoms with Gasteiger partial charge in [0.05, 0.1) is 12.5 Å². The number of ether oxygens (including phenoxy) is 1. The van der Waals surface area contributed by atoms with Crippen molar-refractivity contribution in [1.82, 2.24) is 0 Å². The van der Waals surface area contributed by atoms with Gasteiger partial charge in [0.15, 0.2) is 5.78 Å². The minimum Gasteiger partial charge on any atom is -0.469 e. The second-order valence-electron chi connectivity index (χ2n) is 8.85. The first-order valence-corrected chi connectivity index (χ1v) is 8.98. The predicted molar refractivity (Wildman–Crippen MR) is 89.8 cm³/mol. The molecule has 3 aliphatic carbocycles. The summed E-state index contributed by atoms with van der Waals surface area (Å²) in [6, 6.07) is 0. The number of Topliss-reactive ketones (excluding diaryl/α,β-unsaturated/α-hetero) is 1. The van der Waals surface area contributed by atoms with Gasteiger partial charge >= 0.3 is 5.97 Å². The molecular formula is C20H30O3. The van der Waals surface area contributed by atoms with Crippen LogP contribution in [0.4, 0.5) is 0 Å². The van der Waals surface area contributed by atoms with Crippen LogP contribution in [0, 0.1) is 28.1 Å². The molecule has 23 heavy (non-hydrogen) atoms. The molecule has 2 fully saturated rings. The van der Waals surface area contributed by atoms with Crippen molar-refractivity contribution in [3.63, 3.8) is 0 Å². The first-order valence-electron chi connectivity index (χ1n) is 8.98. The van der Waals surface area contributed by atoms with E-state index >= 15 is 0 Å². The molecule has 3 heteroatoms. The number of ketones is 1. The van der Waals surface area contributed by atoms with Gasteiger partial charge in [0.1, 0.15) is 0 Å². The molecule has 0 aromatic heterocycles. The van der Waals surface area contributed by atoms with Crippen molar-refractivity contribution >= 4 is 11.8 Å². The Bertz CT molecular complexity index is 577. The monoisotopic (exact) mass is 318 g/mol. The molecule has 0 aliphatic heterocycles. The van der Waals surface area contributed by atoms with Crippen LogP contribution in [0.3, 0.4) is 0 Å². The van der Waals surface area contributed by atoms with Gasteiger partial charge in [0, 0.05) is 0 Å². The summed E-state index contributed by atoms with van der Waals surface area (Å²) in [7, 11) is 1.51. The van der Waals surface area contributed by atoms with E-state index in [4.69, 9.17) is 4.74 Å². The van der Waals surface area contributed by atoms with Crippen LogP contribution in [0.15, 0.2) is 11.6 Å². The van der Waals surface area contributed by atoms with E-state index in [1.165, 1.54) is 7.11 Å². The second-order valence-corrected chi connectivity index (χ2v) is 8.85. The summed E-state index contributed by atoms with van der Waals surface area (Å²) >= 11 is 0. The molecule has 128 valence electrons. The van der Waals surface area contributed by atoms with Crippen molar-refractivity contribution in [2.75, 3.05) is 7.11 Å². The first kappa shape index (κ1) is 16.7. The topological polar surface area (TPSA) is 43.4 Å². The average Bonchev–Trinajstić information content (AvgIpc) is 2.85. The summed E-state index contributed by atoms with van der Waals surface area (Å²) < 4.78 is 5.18. The largest absolute Gasteiger partial charge is 0.469 e. The molecule has 0 heterocycles. The lowest BCUT2D eigenvalue weighted by atomic mass is 9.43. The summed E-state index contributed by atoms with van der Waals surface area (Å²) in [5.74, 6) is 0.994. The Kier molecular flexibility index (Phi) is 3.77. The van der Waals surface area contributed by atoms with E-state index in [0.29, 0.717) is 11.8 Å². The van der Waals surface area contributed by atoms with Crippen molar-refractivity contribution in [3.8, 4) is 0 Å². The lowest BCUT2D eigenvalue weighted by Gasteiger charge is -2.60. The molecule has 3 nitrogen and oxygen atoms in total. The van der Waals surface area contributed by atoms with Gasteiger partial charge in [-0.1, -0.05) is 26.3 Å². The highest BCUT2D eigenvalue weighted by molar-refractivity contribution is 5.94. The molecule has 0 amide bonds. The summed E-state index contributed by atoms with van der Waals surface area (Å²) in [6.07, 6.45) is 8.42. The molecule has 3 aliphatic rings. The van der Waals surface area contributed by atoms with E-state index in [1.807, 2.05) is 0 Å². The maximum Gasteiger partial charge on any atom is 0.311 e. The van der Waals surface area contributed by atoms with Crippen molar-refractivity contribution in [3.05, 3.63) is 11.6 Å². The first-order chi connectivity index (χ1) is 10.7. The fraction of sp³-hybridized carbons (Fsp3) is 0.800. The summed E-state index contributed by atoms with van der Waals surface area (Å²) in [6.45, 7) is 8.49. The minimum absolute atomic E-state index is 0.0465. The van der Waals surface area contributed by atoms with Gasteiger partial charge < -0.3 is 4.74 Å². The van der Waals surface area contributed by atoms with Gasteiger partial charge in [-0.25, -0.2) is 0 Å². The lowest BCUT2D eigenvalue weighted by molar-refractivity contribution is -0.175. The number of rotatable bonds is 2. The number of hydrogen-bond donors (Lipinski definition) is 0. The molecular weight excluding hydrogens is 288 g/mol. The Labute approximate surface area is 139 Å².